The van der Waals surface area contributed by atoms with Gasteiger partial charge < -0.3 is 10.6 Å². The van der Waals surface area contributed by atoms with Gasteiger partial charge >= 0.3 is 0 Å². The third kappa shape index (κ3) is 3.16. The Labute approximate surface area is 115 Å². The van der Waals surface area contributed by atoms with Crippen LogP contribution in [0.1, 0.15) is 32.3 Å². The van der Waals surface area contributed by atoms with Gasteiger partial charge in [-0.2, -0.15) is 0 Å². The molecular weight excluding hydrogens is 236 g/mol. The van der Waals surface area contributed by atoms with Crippen molar-refractivity contribution in [3.05, 3.63) is 29.8 Å². The number of nitrogens with two attached hydrogens (primary N) is 1. The van der Waals surface area contributed by atoms with Crippen LogP contribution in [-0.4, -0.2) is 19.0 Å². The fourth-order valence-corrected chi connectivity index (χ4v) is 2.82. The van der Waals surface area contributed by atoms with Crippen LogP contribution in [0.4, 0.5) is 5.69 Å². The van der Waals surface area contributed by atoms with E-state index in [1.807, 2.05) is 17.9 Å². The van der Waals surface area contributed by atoms with E-state index in [1.165, 1.54) is 5.56 Å². The van der Waals surface area contributed by atoms with Crippen molar-refractivity contribution in [2.75, 3.05) is 18.0 Å². The van der Waals surface area contributed by atoms with Gasteiger partial charge in [-0.15, -0.1) is 0 Å². The number of anilines is 1. The Balaban J connectivity index is 2.18. The summed E-state index contributed by atoms with van der Waals surface area (Å²) in [4.78, 5) is 14.6. The fourth-order valence-electron chi connectivity index (χ4n) is 2.82. The van der Waals surface area contributed by atoms with Crippen LogP contribution >= 0.6 is 0 Å². The largest absolute Gasteiger partial charge is 0.330 e. The molecule has 1 aliphatic rings. The first-order valence-corrected chi connectivity index (χ1v) is 7.22. The standard InChI is InChI=1S/C16H24N2O/c1-12-10-14-7-3-4-8-15(14)18(11-12)16(19)13(2)6-5-9-17/h3-4,7-8,12-13H,5-6,9-11,17H2,1-2H3. The minimum atomic E-state index is 0.0573. The average molecular weight is 260 g/mol. The van der Waals surface area contributed by atoms with E-state index in [9.17, 15) is 4.79 Å². The topological polar surface area (TPSA) is 46.3 Å². The molecule has 1 aromatic carbocycles. The minimum absolute atomic E-state index is 0.0573. The van der Waals surface area contributed by atoms with Gasteiger partial charge in [-0.3, -0.25) is 4.79 Å². The number of carbonyl (C=O) groups excluding carboxylic acids is 1. The van der Waals surface area contributed by atoms with Gasteiger partial charge in [-0.25, -0.2) is 0 Å². The van der Waals surface area contributed by atoms with E-state index in [0.717, 1.165) is 31.5 Å². The Kier molecular flexibility index (Phi) is 4.59. The van der Waals surface area contributed by atoms with E-state index >= 15 is 0 Å². The maximum atomic E-state index is 12.6. The second kappa shape index (κ2) is 6.20. The van der Waals surface area contributed by atoms with Crippen LogP contribution in [0.15, 0.2) is 24.3 Å². The van der Waals surface area contributed by atoms with Gasteiger partial charge in [0, 0.05) is 18.2 Å². The highest BCUT2D eigenvalue weighted by atomic mass is 16.2. The van der Waals surface area contributed by atoms with Gasteiger partial charge in [-0.05, 0) is 43.4 Å². The highest BCUT2D eigenvalue weighted by Crippen LogP contribution is 2.30. The van der Waals surface area contributed by atoms with Gasteiger partial charge in [0.05, 0.1) is 0 Å². The molecule has 104 valence electrons. The number of hydrogen-bond acceptors (Lipinski definition) is 2. The van der Waals surface area contributed by atoms with E-state index in [2.05, 4.69) is 25.1 Å². The van der Waals surface area contributed by atoms with E-state index in [4.69, 9.17) is 5.73 Å². The molecule has 0 saturated carbocycles. The lowest BCUT2D eigenvalue weighted by molar-refractivity contribution is -0.122. The zero-order chi connectivity index (χ0) is 13.8. The normalized spacial score (nSPS) is 19.9. The summed E-state index contributed by atoms with van der Waals surface area (Å²) in [6, 6.07) is 8.27. The van der Waals surface area contributed by atoms with Crippen molar-refractivity contribution in [2.24, 2.45) is 17.6 Å². The molecule has 2 atom stereocenters. The Hall–Kier alpha value is -1.35. The van der Waals surface area contributed by atoms with Crippen LogP contribution < -0.4 is 10.6 Å². The van der Waals surface area contributed by atoms with Crippen molar-refractivity contribution >= 4 is 11.6 Å². The second-order valence-corrected chi connectivity index (χ2v) is 5.72. The molecule has 1 aliphatic heterocycles. The number of nitrogens with zero attached hydrogens (tertiary/aromatic N) is 1. The van der Waals surface area contributed by atoms with Gasteiger partial charge in [0.25, 0.3) is 0 Å². The van der Waals surface area contributed by atoms with Crippen molar-refractivity contribution in [1.82, 2.24) is 0 Å². The molecule has 2 rings (SSSR count). The molecule has 0 fully saturated rings. The Bertz CT molecular complexity index is 444. The minimum Gasteiger partial charge on any atom is -0.330 e. The molecule has 1 aromatic rings. The van der Waals surface area contributed by atoms with Gasteiger partial charge in [0.2, 0.25) is 5.91 Å². The number of amides is 1. The summed E-state index contributed by atoms with van der Waals surface area (Å²) in [5.74, 6) is 0.829. The summed E-state index contributed by atoms with van der Waals surface area (Å²) in [6.07, 6.45) is 2.86. The third-order valence-corrected chi connectivity index (χ3v) is 3.87. The summed E-state index contributed by atoms with van der Waals surface area (Å²) in [7, 11) is 0. The summed E-state index contributed by atoms with van der Waals surface area (Å²) < 4.78 is 0. The first-order chi connectivity index (χ1) is 9.13. The van der Waals surface area contributed by atoms with E-state index in [-0.39, 0.29) is 11.8 Å². The molecule has 3 nitrogen and oxygen atoms in total. The van der Waals surface area contributed by atoms with E-state index in [1.54, 1.807) is 0 Å². The number of para-hydroxylation sites is 1. The van der Waals surface area contributed by atoms with Crippen LogP contribution in [-0.2, 0) is 11.2 Å². The molecule has 0 aromatic heterocycles. The maximum absolute atomic E-state index is 12.6. The zero-order valence-electron chi connectivity index (χ0n) is 11.9. The van der Waals surface area contributed by atoms with Crippen molar-refractivity contribution in [3.8, 4) is 0 Å². The highest BCUT2D eigenvalue weighted by Gasteiger charge is 2.28. The lowest BCUT2D eigenvalue weighted by atomic mass is 9.92. The molecule has 3 heteroatoms. The molecule has 0 saturated heterocycles. The first-order valence-electron chi connectivity index (χ1n) is 7.22. The molecule has 0 bridgehead atoms. The average Bonchev–Trinajstić information content (AvgIpc) is 2.42. The molecule has 2 unspecified atom stereocenters. The van der Waals surface area contributed by atoms with Crippen LogP contribution in [0.5, 0.6) is 0 Å². The maximum Gasteiger partial charge on any atom is 0.229 e. The zero-order valence-corrected chi connectivity index (χ0v) is 11.9. The van der Waals surface area contributed by atoms with Crippen molar-refractivity contribution in [2.45, 2.75) is 33.1 Å². The number of hydrogen-bond donors (Lipinski definition) is 1. The van der Waals surface area contributed by atoms with Gasteiger partial charge in [-0.1, -0.05) is 32.0 Å². The Morgan fingerprint density at radius 3 is 2.95 bits per heavy atom. The molecule has 19 heavy (non-hydrogen) atoms. The third-order valence-electron chi connectivity index (χ3n) is 3.87. The molecule has 1 amide bonds. The lowest BCUT2D eigenvalue weighted by Crippen LogP contribution is -2.42. The van der Waals surface area contributed by atoms with Gasteiger partial charge in [0.15, 0.2) is 0 Å². The van der Waals surface area contributed by atoms with Crippen LogP contribution in [0.25, 0.3) is 0 Å². The molecule has 0 radical (unpaired) electrons. The predicted octanol–water partition coefficient (Wildman–Crippen LogP) is 2.59. The monoisotopic (exact) mass is 260 g/mol. The Morgan fingerprint density at radius 1 is 1.47 bits per heavy atom. The van der Waals surface area contributed by atoms with Gasteiger partial charge in [0.1, 0.15) is 0 Å². The summed E-state index contributed by atoms with van der Waals surface area (Å²) in [5, 5.41) is 0. The van der Waals surface area contributed by atoms with Crippen molar-refractivity contribution in [3.63, 3.8) is 0 Å². The summed E-state index contributed by atoms with van der Waals surface area (Å²) in [5.41, 5.74) is 7.92. The van der Waals surface area contributed by atoms with Crippen LogP contribution in [0, 0.1) is 11.8 Å². The first kappa shape index (κ1) is 14.1. The summed E-state index contributed by atoms with van der Waals surface area (Å²) in [6.45, 7) is 5.72. The van der Waals surface area contributed by atoms with Crippen LogP contribution in [0.2, 0.25) is 0 Å². The smallest absolute Gasteiger partial charge is 0.229 e. The fraction of sp³-hybridized carbons (Fsp3) is 0.562. The van der Waals surface area contributed by atoms with Crippen molar-refractivity contribution < 1.29 is 4.79 Å². The molecule has 0 aliphatic carbocycles. The van der Waals surface area contributed by atoms with Crippen molar-refractivity contribution in [1.29, 1.82) is 0 Å². The summed E-state index contributed by atoms with van der Waals surface area (Å²) >= 11 is 0. The van der Waals surface area contributed by atoms with Crippen LogP contribution in [0.3, 0.4) is 0 Å². The number of rotatable bonds is 4. The lowest BCUT2D eigenvalue weighted by Gasteiger charge is -2.34. The Morgan fingerprint density at radius 2 is 2.21 bits per heavy atom. The van der Waals surface area contributed by atoms with E-state index < -0.39 is 0 Å². The molecular formula is C16H24N2O. The molecule has 2 N–H and O–H groups in total. The predicted molar refractivity (Wildman–Crippen MR) is 79.1 cm³/mol. The quantitative estimate of drug-likeness (QED) is 0.904. The molecule has 0 spiro atoms. The number of fused-ring (bicyclic) bond motifs is 1. The van der Waals surface area contributed by atoms with E-state index in [0.29, 0.717) is 12.5 Å². The SMILES string of the molecule is CC1Cc2ccccc2N(C(=O)C(C)CCCN)C1. The molecule has 1 heterocycles. The highest BCUT2D eigenvalue weighted by molar-refractivity contribution is 5.96. The number of carbonyl (C=O) groups is 1. The number of benzene rings is 1. The second-order valence-electron chi connectivity index (χ2n) is 5.72.